The van der Waals surface area contributed by atoms with Crippen LogP contribution in [0, 0.1) is 0 Å². The number of nitrogens with zero attached hydrogens (tertiary/aromatic N) is 1. The maximum absolute atomic E-state index is 14.0. The molecule has 16 heteroatoms. The lowest BCUT2D eigenvalue weighted by Crippen LogP contribution is -2.32. The van der Waals surface area contributed by atoms with E-state index < -0.39 is 118 Å². The number of Topliss-reactive ketones (excluding diaryl/α,β-unsaturated/α-hetero) is 2. The van der Waals surface area contributed by atoms with Crippen molar-refractivity contribution in [3.8, 4) is 34.1 Å². The van der Waals surface area contributed by atoms with Crippen molar-refractivity contribution in [1.29, 1.82) is 0 Å². The highest BCUT2D eigenvalue weighted by Gasteiger charge is 2.31. The first-order valence-corrected chi connectivity index (χ1v) is 13.8. The van der Waals surface area contributed by atoms with Crippen LogP contribution < -0.4 is 16.2 Å². The topological polar surface area (TPSA) is 245 Å². The molecule has 250 valence electrons. The number of carboxylic acids is 1. The molecule has 0 unspecified atom stereocenters. The lowest BCUT2D eigenvalue weighted by atomic mass is 9.88. The van der Waals surface area contributed by atoms with Crippen LogP contribution in [-0.4, -0.2) is 81.1 Å². The number of fused-ring (bicyclic) bond motifs is 3. The number of carbonyl (C=O) groups excluding carboxylic acids is 3. The highest BCUT2D eigenvalue weighted by Crippen LogP contribution is 2.40. The number of phenolic OH excluding ortho intramolecular Hbond substituents is 3. The molecule has 0 fully saturated rings. The molecule has 5 rings (SSSR count). The molecule has 15 nitrogen and oxygen atoms in total. The van der Waals surface area contributed by atoms with E-state index in [0.717, 1.165) is 38.3 Å². The monoisotopic (exact) mass is 682 g/mol. The molecule has 0 aliphatic carbocycles. The average Bonchev–Trinajstić information content (AvgIpc) is 2.98. The van der Waals surface area contributed by atoms with E-state index >= 15 is 0 Å². The van der Waals surface area contributed by atoms with Crippen molar-refractivity contribution in [2.45, 2.75) is 13.8 Å². The maximum Gasteiger partial charge on any atom is 0.340 e. The van der Waals surface area contributed by atoms with Gasteiger partial charge < -0.3 is 44.6 Å². The average molecular weight is 683 g/mol. The third kappa shape index (κ3) is 5.54. The summed E-state index contributed by atoms with van der Waals surface area (Å²) in [6.07, 6.45) is 0.812. The van der Waals surface area contributed by atoms with Crippen molar-refractivity contribution in [2.75, 3.05) is 27.2 Å². The van der Waals surface area contributed by atoms with E-state index in [4.69, 9.17) is 8.83 Å². The van der Waals surface area contributed by atoms with Gasteiger partial charge in [-0.25, -0.2) is 4.79 Å². The second-order valence-corrected chi connectivity index (χ2v) is 10.9. The molecule has 2 heterocycles. The van der Waals surface area contributed by atoms with Crippen LogP contribution in [0.5, 0.6) is 23.0 Å². The first kappa shape index (κ1) is 34.9. The number of amides is 1. The van der Waals surface area contributed by atoms with Crippen LogP contribution in [0.4, 0.5) is 0 Å². The summed E-state index contributed by atoms with van der Waals surface area (Å²) < 4.78 is 11.4. The van der Waals surface area contributed by atoms with E-state index in [-0.39, 0.29) is 24.5 Å². The third-order valence-corrected chi connectivity index (χ3v) is 7.51. The lowest BCUT2D eigenvalue weighted by molar-refractivity contribution is 0.0694. The largest absolute Gasteiger partial charge is 0.504 e. The summed E-state index contributed by atoms with van der Waals surface area (Å²) in [5, 5.41) is 52.0. The zero-order valence-electron chi connectivity index (χ0n) is 25.6. The van der Waals surface area contributed by atoms with Gasteiger partial charge in [0.15, 0.2) is 34.6 Å². The molecule has 0 radical (unpaired) electrons. The van der Waals surface area contributed by atoms with Gasteiger partial charge in [-0.05, 0) is 34.0 Å². The summed E-state index contributed by atoms with van der Waals surface area (Å²) in [5.41, 5.74) is -6.83. The van der Waals surface area contributed by atoms with E-state index in [2.05, 4.69) is 5.32 Å². The number of phenols is 4. The molecule has 3 aromatic carbocycles. The quantitative estimate of drug-likeness (QED) is 0.0781. The molecule has 0 atom stereocenters. The van der Waals surface area contributed by atoms with Crippen LogP contribution >= 0.6 is 12.4 Å². The van der Waals surface area contributed by atoms with Crippen LogP contribution in [0.15, 0.2) is 42.9 Å². The Morgan fingerprint density at radius 1 is 0.812 bits per heavy atom. The molecular formula is C32H27ClN2O13. The fraction of sp³-hybridized carbons (Fsp3) is 0.188. The van der Waals surface area contributed by atoms with Gasteiger partial charge in [0.1, 0.15) is 28.6 Å². The molecule has 5 aromatic rings. The van der Waals surface area contributed by atoms with Crippen molar-refractivity contribution >= 4 is 68.8 Å². The van der Waals surface area contributed by atoms with E-state index in [0.29, 0.717) is 6.54 Å². The Morgan fingerprint density at radius 2 is 1.40 bits per heavy atom. The van der Waals surface area contributed by atoms with Gasteiger partial charge in [0.2, 0.25) is 10.9 Å². The second-order valence-electron chi connectivity index (χ2n) is 10.9. The Balaban J connectivity index is 0.00000520. The number of halogens is 1. The number of aromatic hydroxyl groups is 4. The molecule has 0 saturated carbocycles. The Labute approximate surface area is 274 Å². The molecule has 0 bridgehead atoms. The molecule has 0 aliphatic heterocycles. The molecule has 2 aromatic heterocycles. The van der Waals surface area contributed by atoms with Crippen LogP contribution in [0.3, 0.4) is 0 Å². The van der Waals surface area contributed by atoms with Gasteiger partial charge in [-0.3, -0.25) is 24.0 Å². The number of benzene rings is 3. The molecule has 0 saturated heterocycles. The standard InChI is InChI=1S/C32H26N2O13.ClH/c1-11(35)13-7-14-26(39)23-19(9-17(38)28(41)24(23)31(43)33-5-6-34(3)4)47-30(14)20(12(2)36)21(13)15-10-46-18-8-16(37)29(42)25(32(44)45)22(18)27(15)40;/h7-10,37-38,41-42H,5-6H2,1-4H3,(H,33,43)(H,44,45);1H. The molecule has 1 amide bonds. The molecule has 6 N–H and O–H groups in total. The summed E-state index contributed by atoms with van der Waals surface area (Å²) >= 11 is 0. The third-order valence-electron chi connectivity index (χ3n) is 7.51. The highest BCUT2D eigenvalue weighted by molar-refractivity contribution is 6.19. The first-order valence-electron chi connectivity index (χ1n) is 13.8. The number of hydrogen-bond donors (Lipinski definition) is 6. The fourth-order valence-corrected chi connectivity index (χ4v) is 5.36. The zero-order valence-corrected chi connectivity index (χ0v) is 26.4. The van der Waals surface area contributed by atoms with Gasteiger partial charge in [-0.1, -0.05) is 0 Å². The van der Waals surface area contributed by atoms with Gasteiger partial charge in [0.25, 0.3) is 5.91 Å². The van der Waals surface area contributed by atoms with Gasteiger partial charge in [0.05, 0.1) is 32.8 Å². The zero-order chi connectivity index (χ0) is 34.6. The first-order chi connectivity index (χ1) is 22.1. The number of nitrogens with one attached hydrogen (secondary N) is 1. The number of ketones is 2. The van der Waals surface area contributed by atoms with Gasteiger partial charge in [0, 0.05) is 36.3 Å². The summed E-state index contributed by atoms with van der Waals surface area (Å²) in [5.74, 6) is -8.08. The summed E-state index contributed by atoms with van der Waals surface area (Å²) in [6.45, 7) is 2.60. The van der Waals surface area contributed by atoms with Crippen molar-refractivity contribution < 1.29 is 53.5 Å². The van der Waals surface area contributed by atoms with Crippen LogP contribution in [0.1, 0.15) is 55.3 Å². The molecular weight excluding hydrogens is 656 g/mol. The number of rotatable bonds is 8. The van der Waals surface area contributed by atoms with Crippen molar-refractivity contribution in [3.05, 3.63) is 67.2 Å². The Kier molecular flexibility index (Phi) is 9.24. The maximum atomic E-state index is 14.0. The summed E-state index contributed by atoms with van der Waals surface area (Å²) in [6, 6.07) is 2.67. The summed E-state index contributed by atoms with van der Waals surface area (Å²) in [7, 11) is 3.51. The van der Waals surface area contributed by atoms with Crippen molar-refractivity contribution in [2.24, 2.45) is 0 Å². The minimum Gasteiger partial charge on any atom is -0.504 e. The summed E-state index contributed by atoms with van der Waals surface area (Å²) in [4.78, 5) is 81.1. The van der Waals surface area contributed by atoms with Crippen LogP contribution in [0.25, 0.3) is 44.0 Å². The predicted molar refractivity (Wildman–Crippen MR) is 173 cm³/mol. The number of likely N-dealkylation sites (N-methyl/N-ethyl adjacent to an activating group) is 1. The van der Waals surface area contributed by atoms with E-state index in [9.17, 15) is 54.3 Å². The minimum atomic E-state index is -1.80. The Morgan fingerprint density at radius 3 is 1.96 bits per heavy atom. The number of aromatic carboxylic acids is 1. The smallest absolute Gasteiger partial charge is 0.340 e. The predicted octanol–water partition coefficient (Wildman–Crippen LogP) is 3.36. The van der Waals surface area contributed by atoms with Gasteiger partial charge >= 0.3 is 5.97 Å². The van der Waals surface area contributed by atoms with Crippen molar-refractivity contribution in [1.82, 2.24) is 10.2 Å². The Hall–Kier alpha value is -5.93. The normalized spacial score (nSPS) is 11.2. The second kappa shape index (κ2) is 12.7. The molecule has 0 aliphatic rings. The molecule has 0 spiro atoms. The van der Waals surface area contributed by atoms with Gasteiger partial charge in [-0.15, -0.1) is 12.4 Å². The highest BCUT2D eigenvalue weighted by atomic mass is 35.5. The number of carbonyl (C=O) groups is 4. The van der Waals surface area contributed by atoms with Crippen molar-refractivity contribution in [3.63, 3.8) is 0 Å². The van der Waals surface area contributed by atoms with Crippen LogP contribution in [-0.2, 0) is 0 Å². The van der Waals surface area contributed by atoms with E-state index in [1.807, 2.05) is 0 Å². The van der Waals surface area contributed by atoms with Crippen LogP contribution in [0.2, 0.25) is 0 Å². The SMILES string of the molecule is CC(=O)c1cc2c(=O)c3c(C(=O)NCCN(C)C)c(O)c(O)cc3oc2c(C(C)=O)c1-c1coc2cc(O)c(O)c(C(=O)O)c2c1=O.Cl. The van der Waals surface area contributed by atoms with Gasteiger partial charge in [-0.2, -0.15) is 0 Å². The van der Waals surface area contributed by atoms with E-state index in [1.165, 1.54) is 0 Å². The number of hydrogen-bond acceptors (Lipinski definition) is 13. The lowest BCUT2D eigenvalue weighted by Gasteiger charge is -2.16. The van der Waals surface area contributed by atoms with E-state index in [1.54, 1.807) is 19.0 Å². The molecule has 48 heavy (non-hydrogen) atoms. The number of carboxylic acid groups (broad SMARTS) is 1. The Bertz CT molecular complexity index is 2360. The fourth-order valence-electron chi connectivity index (χ4n) is 5.36. The minimum absolute atomic E-state index is 0.